The molecule has 1 aliphatic rings. The number of aromatic hydroxyl groups is 2. The molecule has 1 aliphatic carbocycles. The van der Waals surface area contributed by atoms with E-state index in [0.717, 1.165) is 30.5 Å². The van der Waals surface area contributed by atoms with Gasteiger partial charge < -0.3 is 10.2 Å². The molecule has 0 saturated heterocycles. The largest absolute Gasteiger partial charge is 0.508 e. The van der Waals surface area contributed by atoms with Crippen LogP contribution >= 0.6 is 12.4 Å². The third-order valence-electron chi connectivity index (χ3n) is 5.77. The molecule has 5 rings (SSSR count). The van der Waals surface area contributed by atoms with E-state index in [1.165, 1.54) is 33.4 Å². The molecule has 0 radical (unpaired) electrons. The molecule has 1 unspecified atom stereocenters. The molecule has 28 heavy (non-hydrogen) atoms. The maximum atomic E-state index is 10.4. The van der Waals surface area contributed by atoms with Gasteiger partial charge in [0.15, 0.2) is 0 Å². The lowest BCUT2D eigenvalue weighted by Crippen LogP contribution is -2.14. The Hall–Kier alpha value is -2.78. The molecule has 0 bridgehead atoms. The van der Waals surface area contributed by atoms with Gasteiger partial charge in [-0.3, -0.25) is 0 Å². The molecule has 1 aromatic heterocycles. The number of fused-ring (bicyclic) bond motifs is 5. The highest BCUT2D eigenvalue weighted by molar-refractivity contribution is 6.09. The number of rotatable bonds is 1. The second-order valence-electron chi connectivity index (χ2n) is 7.65. The number of hydrogen-bond donors (Lipinski definition) is 2. The van der Waals surface area contributed by atoms with Gasteiger partial charge in [0.05, 0.1) is 11.2 Å². The zero-order valence-electron chi connectivity index (χ0n) is 15.6. The topological polar surface area (TPSA) is 53.4 Å². The van der Waals surface area contributed by atoms with Crippen LogP contribution in [-0.4, -0.2) is 15.2 Å². The monoisotopic (exact) mass is 391 g/mol. The number of halogens is 1. The van der Waals surface area contributed by atoms with Crippen LogP contribution in [-0.2, 0) is 12.8 Å². The minimum Gasteiger partial charge on any atom is -0.508 e. The molecule has 142 valence electrons. The first-order valence-electron chi connectivity index (χ1n) is 9.47. The van der Waals surface area contributed by atoms with Gasteiger partial charge in [0.1, 0.15) is 11.5 Å². The number of aromatic nitrogens is 1. The second kappa shape index (κ2) is 6.99. The van der Waals surface area contributed by atoms with Crippen LogP contribution in [0.4, 0.5) is 0 Å². The lowest BCUT2D eigenvalue weighted by Gasteiger charge is -2.26. The molecule has 3 nitrogen and oxygen atoms in total. The van der Waals surface area contributed by atoms with E-state index in [1.54, 1.807) is 12.1 Å². The van der Waals surface area contributed by atoms with Gasteiger partial charge in [0.2, 0.25) is 0 Å². The van der Waals surface area contributed by atoms with Crippen molar-refractivity contribution in [1.82, 2.24) is 4.98 Å². The van der Waals surface area contributed by atoms with Crippen molar-refractivity contribution >= 4 is 34.1 Å². The zero-order chi connectivity index (χ0) is 18.5. The van der Waals surface area contributed by atoms with Gasteiger partial charge >= 0.3 is 0 Å². The Morgan fingerprint density at radius 1 is 0.964 bits per heavy atom. The van der Waals surface area contributed by atoms with E-state index < -0.39 is 0 Å². The van der Waals surface area contributed by atoms with E-state index in [1.807, 2.05) is 0 Å². The van der Waals surface area contributed by atoms with Crippen LogP contribution in [0.25, 0.3) is 32.9 Å². The van der Waals surface area contributed by atoms with Crippen molar-refractivity contribution in [3.05, 3.63) is 65.7 Å². The fourth-order valence-corrected chi connectivity index (χ4v) is 4.43. The van der Waals surface area contributed by atoms with Gasteiger partial charge in [-0.05, 0) is 65.3 Å². The number of nitrogens with zero attached hydrogens (tertiary/aromatic N) is 1. The van der Waals surface area contributed by atoms with Gasteiger partial charge in [-0.2, -0.15) is 0 Å². The lowest BCUT2D eigenvalue weighted by atomic mass is 9.80. The number of hydrogen-bond acceptors (Lipinski definition) is 3. The van der Waals surface area contributed by atoms with Crippen molar-refractivity contribution in [3.8, 4) is 22.8 Å². The predicted octanol–water partition coefficient (Wildman–Crippen LogP) is 6.01. The number of phenols is 2. The minimum absolute atomic E-state index is 0. The third-order valence-corrected chi connectivity index (χ3v) is 5.77. The Kier molecular flexibility index (Phi) is 4.64. The van der Waals surface area contributed by atoms with Crippen molar-refractivity contribution in [2.45, 2.75) is 26.2 Å². The van der Waals surface area contributed by atoms with Crippen LogP contribution in [0.15, 0.2) is 54.6 Å². The van der Waals surface area contributed by atoms with E-state index in [2.05, 4.69) is 43.3 Å². The van der Waals surface area contributed by atoms with E-state index in [-0.39, 0.29) is 23.9 Å². The zero-order valence-corrected chi connectivity index (χ0v) is 16.5. The fraction of sp³-hybridized carbons (Fsp3) is 0.208. The number of benzene rings is 3. The summed E-state index contributed by atoms with van der Waals surface area (Å²) in [5.74, 6) is 0.761. The lowest BCUT2D eigenvalue weighted by molar-refractivity contribution is 0.451. The summed E-state index contributed by atoms with van der Waals surface area (Å²) in [5, 5.41) is 23.8. The summed E-state index contributed by atoms with van der Waals surface area (Å²) in [6, 6.07) is 17.4. The van der Waals surface area contributed by atoms with Gasteiger partial charge in [0, 0.05) is 17.0 Å². The summed E-state index contributed by atoms with van der Waals surface area (Å²) in [4.78, 5) is 4.98. The average molecular weight is 392 g/mol. The highest BCUT2D eigenvalue weighted by Gasteiger charge is 2.24. The predicted molar refractivity (Wildman–Crippen MR) is 116 cm³/mol. The van der Waals surface area contributed by atoms with Crippen molar-refractivity contribution in [1.29, 1.82) is 0 Å². The summed E-state index contributed by atoms with van der Waals surface area (Å²) >= 11 is 0. The summed E-state index contributed by atoms with van der Waals surface area (Å²) in [5.41, 5.74) is 5.09. The third kappa shape index (κ3) is 2.87. The van der Waals surface area contributed by atoms with Crippen LogP contribution in [0.5, 0.6) is 11.5 Å². The molecule has 0 saturated carbocycles. The number of pyridine rings is 1. The number of phenolic OH excluding ortho intramolecular Hbond substituents is 2. The second-order valence-corrected chi connectivity index (χ2v) is 7.65. The van der Waals surface area contributed by atoms with Crippen molar-refractivity contribution in [2.24, 2.45) is 5.92 Å². The molecule has 1 heterocycles. The molecule has 0 fully saturated rings. The minimum atomic E-state index is 0. The maximum absolute atomic E-state index is 10.4. The van der Waals surface area contributed by atoms with Crippen LogP contribution in [0.2, 0.25) is 0 Å². The van der Waals surface area contributed by atoms with Crippen molar-refractivity contribution in [3.63, 3.8) is 0 Å². The SMILES string of the molecule is CC1CCc2c(-c3ccc(O)cc3O)nc3ccc4ccccc4c3c2C1.Cl. The van der Waals surface area contributed by atoms with Gasteiger partial charge in [-0.15, -0.1) is 12.4 Å². The Morgan fingerprint density at radius 2 is 1.79 bits per heavy atom. The fourth-order valence-electron chi connectivity index (χ4n) is 4.43. The quantitative estimate of drug-likeness (QED) is 0.390. The van der Waals surface area contributed by atoms with Gasteiger partial charge in [0.25, 0.3) is 0 Å². The average Bonchev–Trinajstić information content (AvgIpc) is 2.67. The molecule has 0 amide bonds. The van der Waals surface area contributed by atoms with E-state index in [4.69, 9.17) is 4.98 Å². The van der Waals surface area contributed by atoms with E-state index >= 15 is 0 Å². The first-order valence-corrected chi connectivity index (χ1v) is 9.47. The summed E-state index contributed by atoms with van der Waals surface area (Å²) < 4.78 is 0. The van der Waals surface area contributed by atoms with Gasteiger partial charge in [-0.25, -0.2) is 4.98 Å². The molecule has 4 aromatic rings. The molecule has 0 aliphatic heterocycles. The van der Waals surface area contributed by atoms with Gasteiger partial charge in [-0.1, -0.05) is 37.3 Å². The summed E-state index contributed by atoms with van der Waals surface area (Å²) in [7, 11) is 0. The molecule has 2 N–H and O–H groups in total. The molecule has 4 heteroatoms. The summed E-state index contributed by atoms with van der Waals surface area (Å²) in [6.07, 6.45) is 3.10. The highest BCUT2D eigenvalue weighted by Crippen LogP contribution is 2.41. The molecular formula is C24H22ClNO2. The Labute approximate surface area is 170 Å². The summed E-state index contributed by atoms with van der Waals surface area (Å²) in [6.45, 7) is 2.30. The maximum Gasteiger partial charge on any atom is 0.128 e. The standard InChI is InChI=1S/C24H21NO2.ClH/c1-14-6-9-18-20(12-14)23-17-5-3-2-4-15(17)7-11-21(23)25-24(18)19-10-8-16(26)13-22(19)27;/h2-5,7-8,10-11,13-14,26-27H,6,9,12H2,1H3;1H. The molecular weight excluding hydrogens is 370 g/mol. The molecule has 3 aromatic carbocycles. The first kappa shape index (κ1) is 18.6. The van der Waals surface area contributed by atoms with Crippen LogP contribution in [0.1, 0.15) is 24.5 Å². The Bertz CT molecular complexity index is 1200. The van der Waals surface area contributed by atoms with Crippen LogP contribution in [0, 0.1) is 5.92 Å². The smallest absolute Gasteiger partial charge is 0.128 e. The van der Waals surface area contributed by atoms with Crippen molar-refractivity contribution < 1.29 is 10.2 Å². The molecule has 0 spiro atoms. The van der Waals surface area contributed by atoms with E-state index in [9.17, 15) is 10.2 Å². The molecule has 1 atom stereocenters. The van der Waals surface area contributed by atoms with E-state index in [0.29, 0.717) is 11.5 Å². The highest BCUT2D eigenvalue weighted by atomic mass is 35.5. The Balaban J connectivity index is 0.00000192. The van der Waals surface area contributed by atoms with Crippen molar-refractivity contribution in [2.75, 3.05) is 0 Å². The first-order chi connectivity index (χ1) is 13.1. The van der Waals surface area contributed by atoms with Crippen LogP contribution in [0.3, 0.4) is 0 Å². The Morgan fingerprint density at radius 3 is 2.61 bits per heavy atom. The normalized spacial score (nSPS) is 16.0. The van der Waals surface area contributed by atoms with Crippen LogP contribution < -0.4 is 0 Å².